The van der Waals surface area contributed by atoms with Crippen molar-refractivity contribution in [2.75, 3.05) is 19.8 Å². The zero-order chi connectivity index (χ0) is 20.0. The van der Waals surface area contributed by atoms with Crippen LogP contribution in [0, 0.1) is 0 Å². The van der Waals surface area contributed by atoms with Crippen LogP contribution in [-0.4, -0.2) is 36.7 Å². The lowest BCUT2D eigenvalue weighted by Gasteiger charge is -2.05. The third-order valence-corrected chi connectivity index (χ3v) is 4.81. The number of carboxylic acid groups (broad SMARTS) is 1. The standard InChI is InChI=1S/C22H43NO4/c1-2-3-4-5-6-7-8-9-10-11-12-13-14-15-16-17-18-23-21(24)19-27-20-22(25)26/h2-20H2,1H3,(H,23,24)(H,25,26). The summed E-state index contributed by atoms with van der Waals surface area (Å²) in [7, 11) is 0. The maximum atomic E-state index is 11.4. The van der Waals surface area contributed by atoms with Gasteiger partial charge < -0.3 is 15.2 Å². The Morgan fingerprint density at radius 1 is 0.667 bits per heavy atom. The molecule has 0 aliphatic heterocycles. The molecule has 0 rings (SSSR count). The normalized spacial score (nSPS) is 10.9. The number of hydrogen-bond donors (Lipinski definition) is 2. The molecule has 0 spiro atoms. The number of aliphatic carboxylic acids is 1. The Hall–Kier alpha value is -1.10. The average molecular weight is 386 g/mol. The van der Waals surface area contributed by atoms with Gasteiger partial charge in [0.1, 0.15) is 13.2 Å². The predicted molar refractivity (Wildman–Crippen MR) is 111 cm³/mol. The summed E-state index contributed by atoms with van der Waals surface area (Å²) in [6, 6.07) is 0. The molecule has 0 saturated heterocycles. The molecule has 160 valence electrons. The zero-order valence-corrected chi connectivity index (χ0v) is 17.6. The van der Waals surface area contributed by atoms with Gasteiger partial charge in [-0.2, -0.15) is 0 Å². The van der Waals surface area contributed by atoms with Gasteiger partial charge in [0.2, 0.25) is 5.91 Å². The Morgan fingerprint density at radius 2 is 1.07 bits per heavy atom. The fourth-order valence-corrected chi connectivity index (χ4v) is 3.18. The van der Waals surface area contributed by atoms with Crippen molar-refractivity contribution in [1.82, 2.24) is 5.32 Å². The second-order valence-electron chi connectivity index (χ2n) is 7.54. The largest absolute Gasteiger partial charge is 0.480 e. The molecule has 0 bridgehead atoms. The highest BCUT2D eigenvalue weighted by Gasteiger charge is 2.02. The molecule has 0 saturated carbocycles. The van der Waals surface area contributed by atoms with Crippen molar-refractivity contribution in [3.05, 3.63) is 0 Å². The van der Waals surface area contributed by atoms with E-state index in [1.54, 1.807) is 0 Å². The first kappa shape index (κ1) is 25.9. The van der Waals surface area contributed by atoms with E-state index in [0.717, 1.165) is 12.8 Å². The minimum absolute atomic E-state index is 0.175. The molecule has 0 aliphatic carbocycles. The molecule has 0 atom stereocenters. The first-order valence-electron chi connectivity index (χ1n) is 11.2. The monoisotopic (exact) mass is 385 g/mol. The van der Waals surface area contributed by atoms with Crippen LogP contribution >= 0.6 is 0 Å². The molecular weight excluding hydrogens is 342 g/mol. The molecule has 0 fully saturated rings. The highest BCUT2D eigenvalue weighted by molar-refractivity contribution is 5.77. The first-order chi connectivity index (χ1) is 13.2. The van der Waals surface area contributed by atoms with Crippen LogP contribution in [0.25, 0.3) is 0 Å². The molecular formula is C22H43NO4. The van der Waals surface area contributed by atoms with Crippen LogP contribution in [0.3, 0.4) is 0 Å². The van der Waals surface area contributed by atoms with Gasteiger partial charge in [0.05, 0.1) is 0 Å². The van der Waals surface area contributed by atoms with Crippen LogP contribution < -0.4 is 5.32 Å². The Kier molecular flexibility index (Phi) is 20.3. The van der Waals surface area contributed by atoms with Crippen molar-refractivity contribution < 1.29 is 19.4 Å². The van der Waals surface area contributed by atoms with Gasteiger partial charge in [-0.1, -0.05) is 103 Å². The van der Waals surface area contributed by atoms with Crippen LogP contribution in [-0.2, 0) is 14.3 Å². The second-order valence-corrected chi connectivity index (χ2v) is 7.54. The lowest BCUT2D eigenvalue weighted by molar-refractivity contribution is -0.143. The Morgan fingerprint density at radius 3 is 1.48 bits per heavy atom. The van der Waals surface area contributed by atoms with Gasteiger partial charge in [0.25, 0.3) is 0 Å². The number of amides is 1. The summed E-state index contributed by atoms with van der Waals surface area (Å²) in [6.45, 7) is 2.32. The SMILES string of the molecule is CCCCCCCCCCCCCCCCCCNC(=O)COCC(=O)O. The minimum atomic E-state index is -1.05. The van der Waals surface area contributed by atoms with E-state index in [2.05, 4.69) is 12.2 Å². The quantitative estimate of drug-likeness (QED) is 0.257. The molecule has 5 heteroatoms. The van der Waals surface area contributed by atoms with Crippen LogP contribution in [0.4, 0.5) is 0 Å². The van der Waals surface area contributed by atoms with Crippen molar-refractivity contribution >= 4 is 11.9 Å². The first-order valence-corrected chi connectivity index (χ1v) is 11.2. The van der Waals surface area contributed by atoms with E-state index in [1.165, 1.54) is 89.9 Å². The summed E-state index contributed by atoms with van der Waals surface area (Å²) in [5.41, 5.74) is 0. The van der Waals surface area contributed by atoms with E-state index in [1.807, 2.05) is 0 Å². The van der Waals surface area contributed by atoms with Crippen molar-refractivity contribution in [2.24, 2.45) is 0 Å². The Labute approximate surface area is 166 Å². The number of carbonyl (C=O) groups excluding carboxylic acids is 1. The smallest absolute Gasteiger partial charge is 0.329 e. The summed E-state index contributed by atoms with van der Waals surface area (Å²) in [6.07, 6.45) is 21.3. The minimum Gasteiger partial charge on any atom is -0.480 e. The van der Waals surface area contributed by atoms with Crippen LogP contribution in [0.5, 0.6) is 0 Å². The van der Waals surface area contributed by atoms with Gasteiger partial charge in [-0.25, -0.2) is 4.79 Å². The van der Waals surface area contributed by atoms with Crippen LogP contribution in [0.2, 0.25) is 0 Å². The summed E-state index contributed by atoms with van der Waals surface area (Å²) in [4.78, 5) is 21.6. The number of carbonyl (C=O) groups is 2. The average Bonchev–Trinajstić information content (AvgIpc) is 2.64. The lowest BCUT2D eigenvalue weighted by atomic mass is 10.0. The summed E-state index contributed by atoms with van der Waals surface area (Å²) >= 11 is 0. The highest BCUT2D eigenvalue weighted by Crippen LogP contribution is 2.13. The molecule has 5 nitrogen and oxygen atoms in total. The maximum Gasteiger partial charge on any atom is 0.329 e. The van der Waals surface area contributed by atoms with E-state index < -0.39 is 12.6 Å². The summed E-state index contributed by atoms with van der Waals surface area (Å²) < 4.78 is 4.73. The van der Waals surface area contributed by atoms with Gasteiger partial charge in [-0.05, 0) is 6.42 Å². The number of nitrogens with one attached hydrogen (secondary N) is 1. The molecule has 2 N–H and O–H groups in total. The van der Waals surface area contributed by atoms with Gasteiger partial charge in [-0.3, -0.25) is 4.79 Å². The molecule has 0 unspecified atom stereocenters. The maximum absolute atomic E-state index is 11.4. The topological polar surface area (TPSA) is 75.6 Å². The van der Waals surface area contributed by atoms with Gasteiger partial charge in [0.15, 0.2) is 0 Å². The van der Waals surface area contributed by atoms with E-state index in [0.29, 0.717) is 6.54 Å². The molecule has 0 radical (unpaired) electrons. The number of ether oxygens (including phenoxy) is 1. The molecule has 0 aromatic rings. The zero-order valence-electron chi connectivity index (χ0n) is 17.6. The van der Waals surface area contributed by atoms with E-state index in [9.17, 15) is 9.59 Å². The lowest BCUT2D eigenvalue weighted by Crippen LogP contribution is -2.29. The third-order valence-electron chi connectivity index (χ3n) is 4.81. The van der Waals surface area contributed by atoms with Crippen molar-refractivity contribution in [1.29, 1.82) is 0 Å². The number of carboxylic acids is 1. The fraction of sp³-hybridized carbons (Fsp3) is 0.909. The van der Waals surface area contributed by atoms with Crippen molar-refractivity contribution in [2.45, 2.75) is 110 Å². The fourth-order valence-electron chi connectivity index (χ4n) is 3.18. The second kappa shape index (κ2) is 21.2. The van der Waals surface area contributed by atoms with Gasteiger partial charge >= 0.3 is 5.97 Å². The number of hydrogen-bond acceptors (Lipinski definition) is 3. The van der Waals surface area contributed by atoms with E-state index >= 15 is 0 Å². The molecule has 1 amide bonds. The Bertz CT molecular complexity index is 347. The van der Waals surface area contributed by atoms with Gasteiger partial charge in [-0.15, -0.1) is 0 Å². The molecule has 0 aliphatic rings. The van der Waals surface area contributed by atoms with Crippen LogP contribution in [0.1, 0.15) is 110 Å². The predicted octanol–water partition coefficient (Wildman–Crippen LogP) is 5.47. The summed E-state index contributed by atoms with van der Waals surface area (Å²) in [5, 5.41) is 11.2. The molecule has 0 aromatic carbocycles. The highest BCUT2D eigenvalue weighted by atomic mass is 16.5. The molecule has 0 heterocycles. The van der Waals surface area contributed by atoms with E-state index in [-0.39, 0.29) is 12.5 Å². The van der Waals surface area contributed by atoms with E-state index in [4.69, 9.17) is 9.84 Å². The number of unbranched alkanes of at least 4 members (excludes halogenated alkanes) is 15. The summed E-state index contributed by atoms with van der Waals surface area (Å²) in [5.74, 6) is -1.29. The van der Waals surface area contributed by atoms with Crippen molar-refractivity contribution in [3.63, 3.8) is 0 Å². The third kappa shape index (κ3) is 22.9. The number of rotatable bonds is 21. The van der Waals surface area contributed by atoms with Crippen LogP contribution in [0.15, 0.2) is 0 Å². The Balaban J connectivity index is 3.10. The van der Waals surface area contributed by atoms with Gasteiger partial charge in [0, 0.05) is 6.54 Å². The molecule has 0 aromatic heterocycles. The molecule has 27 heavy (non-hydrogen) atoms. The van der Waals surface area contributed by atoms with Crippen molar-refractivity contribution in [3.8, 4) is 0 Å².